The summed E-state index contributed by atoms with van der Waals surface area (Å²) in [5.41, 5.74) is 6.06. The summed E-state index contributed by atoms with van der Waals surface area (Å²) in [6, 6.07) is 17.3. The fourth-order valence-corrected chi connectivity index (χ4v) is 3.54. The number of nitrogens with one attached hydrogen (secondary N) is 1. The van der Waals surface area contributed by atoms with Crippen LogP contribution in [0.1, 0.15) is 36.5 Å². The number of aryl methyl sites for hydroxylation is 2. The predicted octanol–water partition coefficient (Wildman–Crippen LogP) is 5.83. The second-order valence-corrected chi connectivity index (χ2v) is 8.53. The topological polar surface area (TPSA) is 69.0 Å². The molecule has 1 amide bonds. The average Bonchev–Trinajstić information content (AvgIpc) is 3.19. The van der Waals surface area contributed by atoms with Gasteiger partial charge in [0.05, 0.1) is 5.69 Å². The summed E-state index contributed by atoms with van der Waals surface area (Å²) in [6.07, 6.45) is 0. The van der Waals surface area contributed by atoms with E-state index >= 15 is 0 Å². The van der Waals surface area contributed by atoms with Crippen molar-refractivity contribution in [2.75, 3.05) is 11.9 Å². The van der Waals surface area contributed by atoms with Gasteiger partial charge < -0.3 is 10.1 Å². The molecule has 1 aromatic heterocycles. The number of carbonyl (C=O) groups excluding carboxylic acids is 1. The summed E-state index contributed by atoms with van der Waals surface area (Å²) < 4.78 is 5.63. The Labute approximate surface area is 192 Å². The van der Waals surface area contributed by atoms with Crippen LogP contribution in [0.3, 0.4) is 0 Å². The van der Waals surface area contributed by atoms with E-state index < -0.39 is 0 Å². The number of ether oxygens (including phenoxy) is 1. The van der Waals surface area contributed by atoms with Crippen molar-refractivity contribution in [3.63, 3.8) is 0 Å². The first-order valence-electron chi connectivity index (χ1n) is 10.5. The van der Waals surface area contributed by atoms with Crippen LogP contribution in [0.5, 0.6) is 5.75 Å². The van der Waals surface area contributed by atoms with Crippen molar-refractivity contribution in [1.29, 1.82) is 0 Å². The number of rotatable bonds is 6. The molecule has 32 heavy (non-hydrogen) atoms. The van der Waals surface area contributed by atoms with Gasteiger partial charge in [-0.2, -0.15) is 4.80 Å². The highest BCUT2D eigenvalue weighted by Gasteiger charge is 2.10. The van der Waals surface area contributed by atoms with Crippen molar-refractivity contribution in [3.8, 4) is 11.4 Å². The zero-order chi connectivity index (χ0) is 22.8. The third kappa shape index (κ3) is 4.75. The lowest BCUT2D eigenvalue weighted by Gasteiger charge is -2.10. The van der Waals surface area contributed by atoms with Gasteiger partial charge in [-0.15, -0.1) is 10.2 Å². The van der Waals surface area contributed by atoms with Gasteiger partial charge in [0.2, 0.25) is 0 Å². The van der Waals surface area contributed by atoms with Crippen molar-refractivity contribution < 1.29 is 9.53 Å². The second-order valence-electron chi connectivity index (χ2n) is 8.15. The van der Waals surface area contributed by atoms with Crippen molar-refractivity contribution in [1.82, 2.24) is 15.0 Å². The number of halogens is 1. The van der Waals surface area contributed by atoms with Gasteiger partial charge in [0.1, 0.15) is 16.8 Å². The molecular formula is C25H25ClN4O2. The number of hydrogen-bond acceptors (Lipinski definition) is 4. The van der Waals surface area contributed by atoms with Crippen LogP contribution in [0.2, 0.25) is 5.02 Å². The smallest absolute Gasteiger partial charge is 0.262 e. The molecule has 0 radical (unpaired) electrons. The van der Waals surface area contributed by atoms with Crippen molar-refractivity contribution in [2.45, 2.75) is 33.6 Å². The maximum Gasteiger partial charge on any atom is 0.262 e. The molecule has 0 aliphatic rings. The molecule has 0 saturated carbocycles. The normalized spacial score (nSPS) is 11.2. The van der Waals surface area contributed by atoms with Gasteiger partial charge in [0.25, 0.3) is 5.91 Å². The molecule has 0 atom stereocenters. The lowest BCUT2D eigenvalue weighted by Crippen LogP contribution is -2.20. The predicted molar refractivity (Wildman–Crippen MR) is 128 cm³/mol. The fourth-order valence-electron chi connectivity index (χ4n) is 3.44. The van der Waals surface area contributed by atoms with Crippen LogP contribution in [0.4, 0.5) is 5.69 Å². The first kappa shape index (κ1) is 21.8. The number of fused-ring (bicyclic) bond motifs is 1. The maximum absolute atomic E-state index is 12.4. The highest BCUT2D eigenvalue weighted by atomic mass is 35.5. The molecule has 164 valence electrons. The molecule has 4 rings (SSSR count). The summed E-state index contributed by atoms with van der Waals surface area (Å²) in [5, 5.41) is 12.6. The Morgan fingerprint density at radius 2 is 1.66 bits per heavy atom. The van der Waals surface area contributed by atoms with Crippen molar-refractivity contribution in [3.05, 3.63) is 76.3 Å². The maximum atomic E-state index is 12.4. The number of anilines is 1. The lowest BCUT2D eigenvalue weighted by molar-refractivity contribution is -0.118. The number of benzene rings is 3. The van der Waals surface area contributed by atoms with E-state index in [4.69, 9.17) is 16.3 Å². The van der Waals surface area contributed by atoms with Gasteiger partial charge in [-0.25, -0.2) is 0 Å². The zero-order valence-corrected chi connectivity index (χ0v) is 19.3. The fraction of sp³-hybridized carbons (Fsp3) is 0.240. The molecule has 0 spiro atoms. The second kappa shape index (κ2) is 9.01. The highest BCUT2D eigenvalue weighted by Crippen LogP contribution is 2.26. The van der Waals surface area contributed by atoms with E-state index in [2.05, 4.69) is 41.5 Å². The van der Waals surface area contributed by atoms with Crippen LogP contribution >= 0.6 is 11.6 Å². The first-order chi connectivity index (χ1) is 15.3. The first-order valence-corrected chi connectivity index (χ1v) is 10.8. The van der Waals surface area contributed by atoms with Gasteiger partial charge in [0.15, 0.2) is 6.61 Å². The summed E-state index contributed by atoms with van der Waals surface area (Å²) in [4.78, 5) is 14.0. The molecule has 0 bridgehead atoms. The SMILES string of the molecule is Cc1cc(OCC(=O)Nc2ccc3nn(-c4ccc(C(C)C)cc4)nc3c2)cc(C)c1Cl. The van der Waals surface area contributed by atoms with E-state index in [1.54, 1.807) is 16.9 Å². The summed E-state index contributed by atoms with van der Waals surface area (Å²) in [6.45, 7) is 8.03. The van der Waals surface area contributed by atoms with E-state index in [9.17, 15) is 4.79 Å². The quantitative estimate of drug-likeness (QED) is 0.402. The third-order valence-corrected chi connectivity index (χ3v) is 5.83. The number of carbonyl (C=O) groups is 1. The van der Waals surface area contributed by atoms with Crippen molar-refractivity contribution >= 4 is 34.2 Å². The standard InChI is InChI=1S/C25H25ClN4O2/c1-15(2)18-5-8-20(9-6-18)30-28-22-10-7-19(13-23(22)29-30)27-24(31)14-32-21-11-16(3)25(26)17(4)12-21/h5-13,15H,14H2,1-4H3,(H,27,31). The number of nitrogens with zero attached hydrogens (tertiary/aromatic N) is 3. The molecule has 3 aromatic carbocycles. The Morgan fingerprint density at radius 3 is 2.31 bits per heavy atom. The van der Waals surface area contributed by atoms with Gasteiger partial charge in [-0.1, -0.05) is 37.6 Å². The highest BCUT2D eigenvalue weighted by molar-refractivity contribution is 6.32. The average molecular weight is 449 g/mol. The number of hydrogen-bond donors (Lipinski definition) is 1. The van der Waals surface area contributed by atoms with Gasteiger partial charge in [-0.3, -0.25) is 4.79 Å². The number of amides is 1. The minimum atomic E-state index is -0.258. The molecule has 1 heterocycles. The monoisotopic (exact) mass is 448 g/mol. The van der Waals surface area contributed by atoms with Gasteiger partial charge >= 0.3 is 0 Å². The van der Waals surface area contributed by atoms with E-state index in [0.717, 1.165) is 22.3 Å². The van der Waals surface area contributed by atoms with Gasteiger partial charge in [0, 0.05) is 10.7 Å². The molecule has 0 fully saturated rings. The molecular weight excluding hydrogens is 424 g/mol. The van der Waals surface area contributed by atoms with E-state index in [0.29, 0.717) is 27.9 Å². The van der Waals surface area contributed by atoms with E-state index in [-0.39, 0.29) is 12.5 Å². The van der Waals surface area contributed by atoms with Crippen LogP contribution in [0.15, 0.2) is 54.6 Å². The van der Waals surface area contributed by atoms with E-state index in [1.807, 2.05) is 44.2 Å². The summed E-state index contributed by atoms with van der Waals surface area (Å²) >= 11 is 6.18. The Bertz CT molecular complexity index is 1260. The van der Waals surface area contributed by atoms with Crippen LogP contribution in [-0.4, -0.2) is 27.5 Å². The molecule has 6 nitrogen and oxygen atoms in total. The minimum absolute atomic E-state index is 0.104. The Hall–Kier alpha value is -3.38. The minimum Gasteiger partial charge on any atom is -0.484 e. The zero-order valence-electron chi connectivity index (χ0n) is 18.5. The molecule has 0 aliphatic carbocycles. The van der Waals surface area contributed by atoms with E-state index in [1.165, 1.54) is 5.56 Å². The van der Waals surface area contributed by atoms with Gasteiger partial charge in [-0.05, 0) is 78.9 Å². The van der Waals surface area contributed by atoms with Crippen LogP contribution in [-0.2, 0) is 4.79 Å². The van der Waals surface area contributed by atoms with Crippen LogP contribution in [0.25, 0.3) is 16.7 Å². The Balaban J connectivity index is 1.44. The molecule has 1 N–H and O–H groups in total. The Kier molecular flexibility index (Phi) is 6.15. The van der Waals surface area contributed by atoms with Crippen LogP contribution in [0, 0.1) is 13.8 Å². The molecule has 0 aliphatic heterocycles. The number of aromatic nitrogens is 3. The van der Waals surface area contributed by atoms with Crippen LogP contribution < -0.4 is 10.1 Å². The molecule has 0 saturated heterocycles. The molecule has 0 unspecified atom stereocenters. The van der Waals surface area contributed by atoms with Crippen molar-refractivity contribution in [2.24, 2.45) is 0 Å². The molecule has 7 heteroatoms. The lowest BCUT2D eigenvalue weighted by atomic mass is 10.0. The largest absolute Gasteiger partial charge is 0.484 e. The third-order valence-electron chi connectivity index (χ3n) is 5.23. The Morgan fingerprint density at radius 1 is 1.00 bits per heavy atom. The molecule has 4 aromatic rings. The summed E-state index contributed by atoms with van der Waals surface area (Å²) in [7, 11) is 0. The summed E-state index contributed by atoms with van der Waals surface area (Å²) in [5.74, 6) is 0.823.